The second-order valence-corrected chi connectivity index (χ2v) is 7.37. The van der Waals surface area contributed by atoms with Crippen molar-refractivity contribution in [2.45, 2.75) is 18.6 Å². The third-order valence-corrected chi connectivity index (χ3v) is 4.93. The number of nitrogens with zero attached hydrogens (tertiary/aromatic N) is 4. The molecule has 1 amide bonds. The average molecular weight is 436 g/mol. The zero-order chi connectivity index (χ0) is 21.0. The smallest absolute Gasteiger partial charge is 0.264 e. The molecule has 0 fully saturated rings. The first-order valence-corrected chi connectivity index (χ1v) is 9.89. The molecule has 0 aliphatic rings. The molecule has 0 saturated carbocycles. The van der Waals surface area contributed by atoms with Crippen molar-refractivity contribution in [1.82, 2.24) is 19.5 Å². The molecule has 3 rings (SSSR count). The lowest BCUT2D eigenvalue weighted by molar-refractivity contribution is -0.116. The molecule has 9 nitrogen and oxygen atoms in total. The second-order valence-electron chi connectivity index (χ2n) is 5.74. The maximum atomic E-state index is 12.6. The number of ether oxygens (including phenoxy) is 2. The molecule has 0 bridgehead atoms. The zero-order valence-corrected chi connectivity index (χ0v) is 17.5. The van der Waals surface area contributed by atoms with E-state index in [1.54, 1.807) is 6.07 Å². The van der Waals surface area contributed by atoms with Gasteiger partial charge in [0, 0.05) is 12.3 Å². The number of halogens is 1. The van der Waals surface area contributed by atoms with E-state index < -0.39 is 11.5 Å². The van der Waals surface area contributed by atoms with Crippen LogP contribution in [0.5, 0.6) is 11.5 Å². The highest BCUT2D eigenvalue weighted by molar-refractivity contribution is 7.99. The minimum absolute atomic E-state index is 0.242. The fraction of sp³-hybridized carbons (Fsp3) is 0.278. The van der Waals surface area contributed by atoms with Gasteiger partial charge in [-0.15, -0.1) is 0 Å². The molecular formula is C18H18ClN5O4S. The Labute approximate surface area is 175 Å². The predicted octanol–water partition coefficient (Wildman–Crippen LogP) is 2.61. The third-order valence-electron chi connectivity index (χ3n) is 3.89. The van der Waals surface area contributed by atoms with Gasteiger partial charge in [0.15, 0.2) is 10.8 Å². The Morgan fingerprint density at radius 1 is 1.24 bits per heavy atom. The molecule has 1 N–H and O–H groups in total. The number of anilines is 1. The van der Waals surface area contributed by atoms with Crippen molar-refractivity contribution in [2.24, 2.45) is 0 Å². The van der Waals surface area contributed by atoms with Crippen LogP contribution in [0.4, 0.5) is 5.69 Å². The average Bonchev–Trinajstić information content (AvgIpc) is 2.70. The molecule has 0 unspecified atom stereocenters. The summed E-state index contributed by atoms with van der Waals surface area (Å²) in [4.78, 5) is 37.7. The first kappa shape index (κ1) is 20.9. The van der Waals surface area contributed by atoms with Gasteiger partial charge in [0.25, 0.3) is 5.56 Å². The number of amides is 1. The molecule has 0 spiro atoms. The van der Waals surface area contributed by atoms with E-state index in [4.69, 9.17) is 21.1 Å². The Hall–Kier alpha value is -2.85. The Morgan fingerprint density at radius 3 is 2.69 bits per heavy atom. The summed E-state index contributed by atoms with van der Waals surface area (Å²) in [5.41, 5.74) is 0.244. The molecular weight excluding hydrogens is 418 g/mol. The zero-order valence-electron chi connectivity index (χ0n) is 15.9. The molecule has 0 aliphatic heterocycles. The van der Waals surface area contributed by atoms with Crippen LogP contribution < -0.4 is 20.3 Å². The van der Waals surface area contributed by atoms with E-state index in [2.05, 4.69) is 20.3 Å². The summed E-state index contributed by atoms with van der Waals surface area (Å²) >= 11 is 7.57. The second kappa shape index (κ2) is 9.10. The highest BCUT2D eigenvalue weighted by atomic mass is 35.5. The lowest BCUT2D eigenvalue weighted by Gasteiger charge is -2.13. The lowest BCUT2D eigenvalue weighted by Crippen LogP contribution is -2.28. The van der Waals surface area contributed by atoms with Crippen molar-refractivity contribution in [3.63, 3.8) is 0 Å². The van der Waals surface area contributed by atoms with Crippen molar-refractivity contribution in [3.05, 3.63) is 40.0 Å². The summed E-state index contributed by atoms with van der Waals surface area (Å²) in [6.45, 7) is 1.73. The SMILES string of the molecule is CCSc1ncc2c(=O)n(CC(=O)Nc3cc(Cl)c(OC)cc3OC)cnc2n1. The third kappa shape index (κ3) is 4.60. The number of thioether (sulfide) groups is 1. The fourth-order valence-electron chi connectivity index (χ4n) is 2.55. The lowest BCUT2D eigenvalue weighted by atomic mass is 10.2. The molecule has 2 aromatic heterocycles. The van der Waals surface area contributed by atoms with E-state index >= 15 is 0 Å². The summed E-state index contributed by atoms with van der Waals surface area (Å²) < 4.78 is 11.6. The van der Waals surface area contributed by atoms with Gasteiger partial charge in [-0.1, -0.05) is 30.3 Å². The van der Waals surface area contributed by atoms with Gasteiger partial charge >= 0.3 is 0 Å². The number of hydrogen-bond donors (Lipinski definition) is 1. The summed E-state index contributed by atoms with van der Waals surface area (Å²) in [6.07, 6.45) is 2.71. The topological polar surface area (TPSA) is 108 Å². The standard InChI is InChI=1S/C18H18ClN5O4S/c1-4-29-18-20-7-10-16(23-18)21-9-24(17(10)26)8-15(25)22-12-5-11(19)13(27-2)6-14(12)28-3/h5-7,9H,4,8H2,1-3H3,(H,22,25). The summed E-state index contributed by atoms with van der Waals surface area (Å²) in [7, 11) is 2.94. The van der Waals surface area contributed by atoms with Gasteiger partial charge in [-0.2, -0.15) is 0 Å². The molecule has 0 aliphatic carbocycles. The first-order valence-electron chi connectivity index (χ1n) is 8.53. The number of benzene rings is 1. The maximum absolute atomic E-state index is 12.6. The minimum Gasteiger partial charge on any atom is -0.495 e. The number of hydrogen-bond acceptors (Lipinski definition) is 8. The van der Waals surface area contributed by atoms with Crippen LogP contribution in [0.1, 0.15) is 6.92 Å². The molecule has 2 heterocycles. The number of fused-ring (bicyclic) bond motifs is 1. The van der Waals surface area contributed by atoms with E-state index in [0.29, 0.717) is 33.0 Å². The van der Waals surface area contributed by atoms with E-state index in [-0.39, 0.29) is 11.9 Å². The molecule has 0 saturated heterocycles. The van der Waals surface area contributed by atoms with Gasteiger partial charge in [-0.05, 0) is 11.8 Å². The predicted molar refractivity (Wildman–Crippen MR) is 111 cm³/mol. The summed E-state index contributed by atoms with van der Waals surface area (Å²) in [5, 5.41) is 3.78. The Bertz CT molecular complexity index is 1120. The van der Waals surface area contributed by atoms with Crippen molar-refractivity contribution in [3.8, 4) is 11.5 Å². The van der Waals surface area contributed by atoms with E-state index in [1.807, 2.05) is 6.92 Å². The van der Waals surface area contributed by atoms with Crippen LogP contribution in [-0.2, 0) is 11.3 Å². The van der Waals surface area contributed by atoms with Crippen LogP contribution in [0.25, 0.3) is 11.0 Å². The van der Waals surface area contributed by atoms with Gasteiger partial charge in [-0.25, -0.2) is 15.0 Å². The van der Waals surface area contributed by atoms with E-state index in [9.17, 15) is 9.59 Å². The Balaban J connectivity index is 1.83. The van der Waals surface area contributed by atoms with Crippen LogP contribution in [0.2, 0.25) is 5.02 Å². The van der Waals surface area contributed by atoms with Crippen LogP contribution >= 0.6 is 23.4 Å². The van der Waals surface area contributed by atoms with Crippen molar-refractivity contribution < 1.29 is 14.3 Å². The van der Waals surface area contributed by atoms with Crippen LogP contribution in [0.3, 0.4) is 0 Å². The normalized spacial score (nSPS) is 10.8. The van der Waals surface area contributed by atoms with Gasteiger partial charge < -0.3 is 14.8 Å². The van der Waals surface area contributed by atoms with Crippen molar-refractivity contribution >= 4 is 46.0 Å². The summed E-state index contributed by atoms with van der Waals surface area (Å²) in [5.74, 6) is 1.14. The van der Waals surface area contributed by atoms with E-state index in [1.165, 1.54) is 49.1 Å². The van der Waals surface area contributed by atoms with Gasteiger partial charge in [-0.3, -0.25) is 14.2 Å². The summed E-state index contributed by atoms with van der Waals surface area (Å²) in [6, 6.07) is 3.07. The number of carbonyl (C=O) groups excluding carboxylic acids is 1. The number of methoxy groups -OCH3 is 2. The number of aromatic nitrogens is 4. The Kier molecular flexibility index (Phi) is 6.55. The molecule has 29 heavy (non-hydrogen) atoms. The highest BCUT2D eigenvalue weighted by Crippen LogP contribution is 2.35. The fourth-order valence-corrected chi connectivity index (χ4v) is 3.33. The van der Waals surface area contributed by atoms with Gasteiger partial charge in [0.1, 0.15) is 29.8 Å². The molecule has 3 aromatic rings. The van der Waals surface area contributed by atoms with Gasteiger partial charge in [0.05, 0.1) is 24.9 Å². The molecule has 0 radical (unpaired) electrons. The molecule has 0 atom stereocenters. The molecule has 152 valence electrons. The van der Waals surface area contributed by atoms with Crippen molar-refractivity contribution in [2.75, 3.05) is 25.3 Å². The van der Waals surface area contributed by atoms with Gasteiger partial charge in [0.2, 0.25) is 5.91 Å². The van der Waals surface area contributed by atoms with Crippen LogP contribution in [-0.4, -0.2) is 45.4 Å². The number of rotatable bonds is 7. The van der Waals surface area contributed by atoms with Crippen LogP contribution in [0, 0.1) is 0 Å². The quantitative estimate of drug-likeness (QED) is 0.445. The molecule has 11 heteroatoms. The molecule has 1 aromatic carbocycles. The highest BCUT2D eigenvalue weighted by Gasteiger charge is 2.14. The number of nitrogens with one attached hydrogen (secondary N) is 1. The maximum Gasteiger partial charge on any atom is 0.264 e. The number of carbonyl (C=O) groups is 1. The van der Waals surface area contributed by atoms with E-state index in [0.717, 1.165) is 5.75 Å². The van der Waals surface area contributed by atoms with Crippen molar-refractivity contribution in [1.29, 1.82) is 0 Å². The van der Waals surface area contributed by atoms with Crippen LogP contribution in [0.15, 0.2) is 34.6 Å². The largest absolute Gasteiger partial charge is 0.495 e. The minimum atomic E-state index is -0.452. The Morgan fingerprint density at radius 2 is 2.00 bits per heavy atom. The monoisotopic (exact) mass is 435 g/mol. The first-order chi connectivity index (χ1) is 14.0.